The van der Waals surface area contributed by atoms with Gasteiger partial charge in [0.2, 0.25) is 0 Å². The fourth-order valence-corrected chi connectivity index (χ4v) is 1.92. The molecule has 0 spiro atoms. The fourth-order valence-electron chi connectivity index (χ4n) is 1.92. The number of benzene rings is 1. The molecule has 0 aromatic heterocycles. The van der Waals surface area contributed by atoms with E-state index in [9.17, 15) is 10.2 Å². The molecule has 0 bridgehead atoms. The molecule has 0 atom stereocenters. The van der Waals surface area contributed by atoms with Crippen LogP contribution in [0.1, 0.15) is 51.5 Å². The number of allylic oxidation sites excluding steroid dienone is 2. The standard InChI is InChI=1S/C15H22O2/c1-3-5-6-7-8-12(4-2)13-9-14(16)11-15(17)10-13/h8-11,16-17H,3-7H2,1-2H3. The van der Waals surface area contributed by atoms with Crippen LogP contribution in [0.5, 0.6) is 11.5 Å². The topological polar surface area (TPSA) is 40.5 Å². The maximum Gasteiger partial charge on any atom is 0.119 e. The summed E-state index contributed by atoms with van der Waals surface area (Å²) in [5.41, 5.74) is 2.11. The molecule has 94 valence electrons. The third-order valence-corrected chi connectivity index (χ3v) is 2.85. The van der Waals surface area contributed by atoms with E-state index in [0.29, 0.717) is 0 Å². The van der Waals surface area contributed by atoms with Crippen molar-refractivity contribution < 1.29 is 10.2 Å². The van der Waals surface area contributed by atoms with Gasteiger partial charge in [-0.3, -0.25) is 0 Å². The van der Waals surface area contributed by atoms with Crippen LogP contribution in [0.4, 0.5) is 0 Å². The van der Waals surface area contributed by atoms with Gasteiger partial charge in [-0.2, -0.15) is 0 Å². The molecule has 1 aromatic carbocycles. The Morgan fingerprint density at radius 1 is 1.06 bits per heavy atom. The van der Waals surface area contributed by atoms with E-state index in [-0.39, 0.29) is 11.5 Å². The Hall–Kier alpha value is -1.44. The summed E-state index contributed by atoms with van der Waals surface area (Å²) in [6.45, 7) is 4.28. The zero-order chi connectivity index (χ0) is 12.7. The van der Waals surface area contributed by atoms with Crippen LogP contribution < -0.4 is 0 Å². The summed E-state index contributed by atoms with van der Waals surface area (Å²) in [5.74, 6) is 0.237. The Kier molecular flexibility index (Phi) is 5.61. The highest BCUT2D eigenvalue weighted by Crippen LogP contribution is 2.27. The molecule has 0 aliphatic heterocycles. The SMILES string of the molecule is CCCCCC=C(CC)c1cc(O)cc(O)c1. The van der Waals surface area contributed by atoms with E-state index in [1.165, 1.54) is 30.9 Å². The highest BCUT2D eigenvalue weighted by molar-refractivity contribution is 5.67. The Morgan fingerprint density at radius 2 is 1.71 bits per heavy atom. The van der Waals surface area contributed by atoms with Crippen molar-refractivity contribution in [3.63, 3.8) is 0 Å². The average molecular weight is 234 g/mol. The fraction of sp³-hybridized carbons (Fsp3) is 0.467. The molecule has 0 unspecified atom stereocenters. The van der Waals surface area contributed by atoms with Crippen molar-refractivity contribution in [1.29, 1.82) is 0 Å². The van der Waals surface area contributed by atoms with Gasteiger partial charge in [-0.05, 0) is 42.5 Å². The third kappa shape index (κ3) is 4.51. The smallest absolute Gasteiger partial charge is 0.119 e. The predicted molar refractivity (Wildman–Crippen MR) is 72.2 cm³/mol. The second-order valence-corrected chi connectivity index (χ2v) is 4.32. The third-order valence-electron chi connectivity index (χ3n) is 2.85. The minimum absolute atomic E-state index is 0.118. The molecular weight excluding hydrogens is 212 g/mol. The quantitative estimate of drug-likeness (QED) is 0.713. The first-order valence-electron chi connectivity index (χ1n) is 6.39. The largest absolute Gasteiger partial charge is 0.508 e. The number of unbranched alkanes of at least 4 members (excludes halogenated alkanes) is 3. The van der Waals surface area contributed by atoms with Gasteiger partial charge in [-0.1, -0.05) is 32.8 Å². The lowest BCUT2D eigenvalue weighted by atomic mass is 10.0. The Morgan fingerprint density at radius 3 is 2.24 bits per heavy atom. The molecular formula is C15H22O2. The van der Waals surface area contributed by atoms with Gasteiger partial charge < -0.3 is 10.2 Å². The minimum atomic E-state index is 0.118. The Balaban J connectivity index is 2.78. The number of rotatable bonds is 6. The molecule has 0 amide bonds. The van der Waals surface area contributed by atoms with Gasteiger partial charge in [0.25, 0.3) is 0 Å². The van der Waals surface area contributed by atoms with Crippen LogP contribution in [0.15, 0.2) is 24.3 Å². The van der Waals surface area contributed by atoms with Gasteiger partial charge in [-0.15, -0.1) is 0 Å². The number of phenols is 2. The second kappa shape index (κ2) is 7.00. The van der Waals surface area contributed by atoms with Gasteiger partial charge in [0.15, 0.2) is 0 Å². The van der Waals surface area contributed by atoms with Crippen molar-refractivity contribution in [1.82, 2.24) is 0 Å². The number of hydrogen-bond acceptors (Lipinski definition) is 2. The van der Waals surface area contributed by atoms with Crippen LogP contribution in [-0.2, 0) is 0 Å². The molecule has 1 rings (SSSR count). The monoisotopic (exact) mass is 234 g/mol. The van der Waals surface area contributed by atoms with Gasteiger partial charge in [0, 0.05) is 6.07 Å². The molecule has 0 saturated carbocycles. The van der Waals surface area contributed by atoms with Crippen molar-refractivity contribution in [2.24, 2.45) is 0 Å². The Labute approximate surface area is 104 Å². The molecule has 2 N–H and O–H groups in total. The second-order valence-electron chi connectivity index (χ2n) is 4.32. The normalized spacial score (nSPS) is 11.8. The highest BCUT2D eigenvalue weighted by atomic mass is 16.3. The zero-order valence-electron chi connectivity index (χ0n) is 10.7. The maximum atomic E-state index is 9.46. The molecule has 0 aliphatic rings. The number of hydrogen-bond donors (Lipinski definition) is 2. The van der Waals surface area contributed by atoms with Gasteiger partial charge >= 0.3 is 0 Å². The van der Waals surface area contributed by atoms with E-state index in [4.69, 9.17) is 0 Å². The van der Waals surface area contributed by atoms with E-state index in [1.54, 1.807) is 12.1 Å². The molecule has 0 radical (unpaired) electrons. The molecule has 0 saturated heterocycles. The Bertz CT molecular complexity index is 360. The van der Waals surface area contributed by atoms with Gasteiger partial charge in [0.1, 0.15) is 11.5 Å². The van der Waals surface area contributed by atoms with Crippen LogP contribution in [0.2, 0.25) is 0 Å². The first kappa shape index (κ1) is 13.6. The summed E-state index contributed by atoms with van der Waals surface area (Å²) in [6.07, 6.45) is 7.86. The zero-order valence-corrected chi connectivity index (χ0v) is 10.7. The first-order chi connectivity index (χ1) is 8.17. The molecule has 2 heteroatoms. The van der Waals surface area contributed by atoms with E-state index in [2.05, 4.69) is 19.9 Å². The number of phenolic OH excluding ortho intramolecular Hbond substituents is 2. The van der Waals surface area contributed by atoms with Crippen LogP contribution >= 0.6 is 0 Å². The van der Waals surface area contributed by atoms with Crippen LogP contribution in [0.3, 0.4) is 0 Å². The summed E-state index contributed by atoms with van der Waals surface area (Å²) in [7, 11) is 0. The summed E-state index contributed by atoms with van der Waals surface area (Å²) in [5, 5.41) is 18.9. The molecule has 17 heavy (non-hydrogen) atoms. The van der Waals surface area contributed by atoms with Crippen molar-refractivity contribution in [3.05, 3.63) is 29.8 Å². The van der Waals surface area contributed by atoms with Crippen LogP contribution in [0, 0.1) is 0 Å². The molecule has 0 heterocycles. The summed E-state index contributed by atoms with van der Waals surface area (Å²) in [4.78, 5) is 0. The van der Waals surface area contributed by atoms with E-state index >= 15 is 0 Å². The minimum Gasteiger partial charge on any atom is -0.508 e. The van der Waals surface area contributed by atoms with Gasteiger partial charge in [-0.25, -0.2) is 0 Å². The summed E-state index contributed by atoms with van der Waals surface area (Å²) < 4.78 is 0. The molecule has 2 nitrogen and oxygen atoms in total. The molecule has 0 aliphatic carbocycles. The lowest BCUT2D eigenvalue weighted by Crippen LogP contribution is -1.84. The van der Waals surface area contributed by atoms with E-state index < -0.39 is 0 Å². The number of aromatic hydroxyl groups is 2. The predicted octanol–water partition coefficient (Wildman–Crippen LogP) is 4.47. The van der Waals surface area contributed by atoms with Crippen molar-refractivity contribution >= 4 is 5.57 Å². The maximum absolute atomic E-state index is 9.46. The van der Waals surface area contributed by atoms with E-state index in [1.807, 2.05) is 0 Å². The first-order valence-corrected chi connectivity index (χ1v) is 6.39. The van der Waals surface area contributed by atoms with Crippen molar-refractivity contribution in [2.75, 3.05) is 0 Å². The average Bonchev–Trinajstić information content (AvgIpc) is 2.28. The van der Waals surface area contributed by atoms with Crippen LogP contribution in [0.25, 0.3) is 5.57 Å². The van der Waals surface area contributed by atoms with Crippen molar-refractivity contribution in [3.8, 4) is 11.5 Å². The van der Waals surface area contributed by atoms with Crippen LogP contribution in [-0.4, -0.2) is 10.2 Å². The summed E-state index contributed by atoms with van der Waals surface area (Å²) in [6, 6.07) is 4.76. The van der Waals surface area contributed by atoms with Crippen molar-refractivity contribution in [2.45, 2.75) is 46.0 Å². The molecule has 1 aromatic rings. The lowest BCUT2D eigenvalue weighted by Gasteiger charge is -2.07. The summed E-state index contributed by atoms with van der Waals surface area (Å²) >= 11 is 0. The van der Waals surface area contributed by atoms with Gasteiger partial charge in [0.05, 0.1) is 0 Å². The molecule has 0 fully saturated rings. The lowest BCUT2D eigenvalue weighted by molar-refractivity contribution is 0.450. The van der Waals surface area contributed by atoms with E-state index in [0.717, 1.165) is 18.4 Å². The highest BCUT2D eigenvalue weighted by Gasteiger charge is 2.03.